The van der Waals surface area contributed by atoms with Gasteiger partial charge in [0.15, 0.2) is 0 Å². The minimum absolute atomic E-state index is 0.000724. The summed E-state index contributed by atoms with van der Waals surface area (Å²) in [6.45, 7) is 6.90. The summed E-state index contributed by atoms with van der Waals surface area (Å²) in [5.41, 5.74) is 6.94. The van der Waals surface area contributed by atoms with Gasteiger partial charge in [0.25, 0.3) is 0 Å². The Morgan fingerprint density at radius 3 is 2.44 bits per heavy atom. The highest BCUT2D eigenvalue weighted by molar-refractivity contribution is 9.10. The molecule has 18 heavy (non-hydrogen) atoms. The average molecular weight is 315 g/mol. The summed E-state index contributed by atoms with van der Waals surface area (Å²) in [4.78, 5) is 2.15. The lowest BCUT2D eigenvalue weighted by molar-refractivity contribution is 0.113. The quantitative estimate of drug-likeness (QED) is 0.907. The number of hydrogen-bond acceptors (Lipinski definition) is 3. The minimum atomic E-state index is -0.000724. The van der Waals surface area contributed by atoms with Gasteiger partial charge in [-0.25, -0.2) is 0 Å². The lowest BCUT2D eigenvalue weighted by Crippen LogP contribution is -2.43. The molecule has 4 heteroatoms. The topological polar surface area (TPSA) is 38.5 Å². The van der Waals surface area contributed by atoms with E-state index in [0.717, 1.165) is 15.8 Å². The summed E-state index contributed by atoms with van der Waals surface area (Å²) in [6.07, 6.45) is 0. The largest absolute Gasteiger partial charge is 0.491 e. The minimum Gasteiger partial charge on any atom is -0.491 e. The monoisotopic (exact) mass is 314 g/mol. The maximum atomic E-state index is 5.87. The fraction of sp³-hybridized carbons (Fsp3) is 0.571. The molecule has 0 spiro atoms. The molecule has 102 valence electrons. The maximum Gasteiger partial charge on any atom is 0.133 e. The fourth-order valence-electron chi connectivity index (χ4n) is 1.30. The van der Waals surface area contributed by atoms with E-state index >= 15 is 0 Å². The zero-order chi connectivity index (χ0) is 13.9. The molecule has 0 saturated heterocycles. The summed E-state index contributed by atoms with van der Waals surface area (Å²) in [5, 5.41) is 0. The SMILES string of the molecule is CC(N)c1ccc(OCC(C)(C)N(C)C)c(Br)c1. The Hall–Kier alpha value is -0.580. The number of nitrogens with two attached hydrogens (primary N) is 1. The maximum absolute atomic E-state index is 5.87. The van der Waals surface area contributed by atoms with E-state index in [2.05, 4.69) is 48.8 Å². The number of halogens is 1. The molecule has 0 fully saturated rings. The van der Waals surface area contributed by atoms with Gasteiger partial charge in [0.1, 0.15) is 12.4 Å². The van der Waals surface area contributed by atoms with Crippen molar-refractivity contribution in [2.75, 3.05) is 20.7 Å². The van der Waals surface area contributed by atoms with Crippen molar-refractivity contribution in [3.8, 4) is 5.75 Å². The van der Waals surface area contributed by atoms with Crippen molar-refractivity contribution in [3.63, 3.8) is 0 Å². The molecule has 3 nitrogen and oxygen atoms in total. The van der Waals surface area contributed by atoms with Gasteiger partial charge in [0, 0.05) is 11.6 Å². The first-order valence-electron chi connectivity index (χ1n) is 6.09. The van der Waals surface area contributed by atoms with E-state index < -0.39 is 0 Å². The van der Waals surface area contributed by atoms with Crippen molar-refractivity contribution in [1.29, 1.82) is 0 Å². The van der Waals surface area contributed by atoms with Gasteiger partial charge in [-0.05, 0) is 68.5 Å². The van der Waals surface area contributed by atoms with Crippen LogP contribution in [0.15, 0.2) is 22.7 Å². The smallest absolute Gasteiger partial charge is 0.133 e. The Balaban J connectivity index is 2.75. The van der Waals surface area contributed by atoms with Gasteiger partial charge in [-0.15, -0.1) is 0 Å². The van der Waals surface area contributed by atoms with Gasteiger partial charge in [0.05, 0.1) is 4.47 Å². The van der Waals surface area contributed by atoms with E-state index in [1.807, 2.05) is 25.1 Å². The van der Waals surface area contributed by atoms with Gasteiger partial charge < -0.3 is 15.4 Å². The molecule has 0 bridgehead atoms. The molecule has 1 rings (SSSR count). The van der Waals surface area contributed by atoms with Crippen LogP contribution in [-0.4, -0.2) is 31.1 Å². The molecule has 1 aromatic carbocycles. The van der Waals surface area contributed by atoms with E-state index in [1.54, 1.807) is 0 Å². The lowest BCUT2D eigenvalue weighted by atomic mass is 10.1. The van der Waals surface area contributed by atoms with E-state index in [1.165, 1.54) is 0 Å². The van der Waals surface area contributed by atoms with Gasteiger partial charge in [-0.1, -0.05) is 6.07 Å². The van der Waals surface area contributed by atoms with Crippen LogP contribution in [0.4, 0.5) is 0 Å². The molecular weight excluding hydrogens is 292 g/mol. The molecule has 0 saturated carbocycles. The number of benzene rings is 1. The molecule has 0 aliphatic heterocycles. The molecule has 0 aliphatic carbocycles. The first kappa shape index (κ1) is 15.5. The Morgan fingerprint density at radius 2 is 2.00 bits per heavy atom. The predicted octanol–water partition coefficient (Wildman–Crippen LogP) is 3.19. The second kappa shape index (κ2) is 6.04. The van der Waals surface area contributed by atoms with E-state index in [4.69, 9.17) is 10.5 Å². The fourth-order valence-corrected chi connectivity index (χ4v) is 1.81. The predicted molar refractivity (Wildman–Crippen MR) is 80.0 cm³/mol. The number of hydrogen-bond donors (Lipinski definition) is 1. The van der Waals surface area contributed by atoms with Crippen LogP contribution in [0.2, 0.25) is 0 Å². The van der Waals surface area contributed by atoms with Crippen LogP contribution in [0.3, 0.4) is 0 Å². The van der Waals surface area contributed by atoms with Crippen LogP contribution in [-0.2, 0) is 0 Å². The Bertz CT molecular complexity index is 403. The average Bonchev–Trinajstić information content (AvgIpc) is 2.26. The lowest BCUT2D eigenvalue weighted by Gasteiger charge is -2.32. The number of ether oxygens (including phenoxy) is 1. The molecule has 2 N–H and O–H groups in total. The van der Waals surface area contributed by atoms with E-state index in [0.29, 0.717) is 6.61 Å². The first-order valence-corrected chi connectivity index (χ1v) is 6.88. The normalized spacial score (nSPS) is 13.8. The van der Waals surface area contributed by atoms with Crippen LogP contribution in [0.5, 0.6) is 5.75 Å². The molecule has 0 heterocycles. The second-order valence-electron chi connectivity index (χ2n) is 5.47. The van der Waals surface area contributed by atoms with Crippen molar-refractivity contribution in [2.24, 2.45) is 5.73 Å². The standard InChI is InChI=1S/C14H23BrN2O/c1-10(16)11-6-7-13(12(15)8-11)18-9-14(2,3)17(4)5/h6-8,10H,9,16H2,1-5H3. The zero-order valence-corrected chi connectivity index (χ0v) is 13.4. The number of rotatable bonds is 5. The van der Waals surface area contributed by atoms with Crippen molar-refractivity contribution < 1.29 is 4.74 Å². The zero-order valence-electron chi connectivity index (χ0n) is 11.8. The van der Waals surface area contributed by atoms with E-state index in [-0.39, 0.29) is 11.6 Å². The van der Waals surface area contributed by atoms with Gasteiger partial charge in [-0.3, -0.25) is 0 Å². The van der Waals surface area contributed by atoms with Crippen LogP contribution in [0.25, 0.3) is 0 Å². The number of likely N-dealkylation sites (N-methyl/N-ethyl adjacent to an activating group) is 1. The van der Waals surface area contributed by atoms with Crippen molar-refractivity contribution in [3.05, 3.63) is 28.2 Å². The Kier molecular flexibility index (Phi) is 5.20. The molecule has 1 unspecified atom stereocenters. The van der Waals surface area contributed by atoms with Gasteiger partial charge in [0.2, 0.25) is 0 Å². The molecule has 0 amide bonds. The number of nitrogens with zero attached hydrogens (tertiary/aromatic N) is 1. The van der Waals surface area contributed by atoms with Gasteiger partial charge >= 0.3 is 0 Å². The van der Waals surface area contributed by atoms with Gasteiger partial charge in [-0.2, -0.15) is 0 Å². The molecule has 1 atom stereocenters. The highest BCUT2D eigenvalue weighted by atomic mass is 79.9. The van der Waals surface area contributed by atoms with E-state index in [9.17, 15) is 0 Å². The molecule has 0 radical (unpaired) electrons. The highest BCUT2D eigenvalue weighted by Gasteiger charge is 2.21. The summed E-state index contributed by atoms with van der Waals surface area (Å²) in [7, 11) is 4.11. The molecule has 1 aromatic rings. The van der Waals surface area contributed by atoms with Crippen LogP contribution < -0.4 is 10.5 Å². The molecule has 0 aromatic heterocycles. The Labute approximate surface area is 118 Å². The van der Waals surface area contributed by atoms with Crippen molar-refractivity contribution >= 4 is 15.9 Å². The summed E-state index contributed by atoms with van der Waals surface area (Å²) in [6, 6.07) is 6.03. The highest BCUT2D eigenvalue weighted by Crippen LogP contribution is 2.28. The molecular formula is C14H23BrN2O. The van der Waals surface area contributed by atoms with Crippen LogP contribution in [0, 0.1) is 0 Å². The third-order valence-corrected chi connectivity index (χ3v) is 3.89. The van der Waals surface area contributed by atoms with Crippen molar-refractivity contribution in [2.45, 2.75) is 32.4 Å². The van der Waals surface area contributed by atoms with Crippen LogP contribution in [0.1, 0.15) is 32.4 Å². The first-order chi connectivity index (χ1) is 8.24. The Morgan fingerprint density at radius 1 is 1.39 bits per heavy atom. The van der Waals surface area contributed by atoms with Crippen LogP contribution >= 0.6 is 15.9 Å². The summed E-state index contributed by atoms with van der Waals surface area (Å²) in [5.74, 6) is 0.856. The van der Waals surface area contributed by atoms with Crippen molar-refractivity contribution in [1.82, 2.24) is 4.90 Å². The second-order valence-corrected chi connectivity index (χ2v) is 6.33. The summed E-state index contributed by atoms with van der Waals surface area (Å²) >= 11 is 3.53. The molecule has 0 aliphatic rings. The summed E-state index contributed by atoms with van der Waals surface area (Å²) < 4.78 is 6.82. The third kappa shape index (κ3) is 3.97. The third-order valence-electron chi connectivity index (χ3n) is 3.27.